The van der Waals surface area contributed by atoms with Gasteiger partial charge in [-0.25, -0.2) is 4.68 Å². The lowest BCUT2D eigenvalue weighted by atomic mass is 9.86. The van der Waals surface area contributed by atoms with Gasteiger partial charge in [0, 0.05) is 17.7 Å². The van der Waals surface area contributed by atoms with Gasteiger partial charge in [-0.05, 0) is 65.8 Å². The molecule has 214 valence electrons. The van der Waals surface area contributed by atoms with Crippen molar-refractivity contribution in [3.05, 3.63) is 95.7 Å². The maximum Gasteiger partial charge on any atom is 0.254 e. The fourth-order valence-electron chi connectivity index (χ4n) is 4.80. The second-order valence-corrected chi connectivity index (χ2v) is 11.7. The van der Waals surface area contributed by atoms with Crippen molar-refractivity contribution in [2.45, 2.75) is 47.0 Å². The zero-order chi connectivity index (χ0) is 29.7. The highest BCUT2D eigenvalue weighted by Crippen LogP contribution is 2.34. The number of hydrogen-bond acceptors (Lipinski definition) is 4. The van der Waals surface area contributed by atoms with Gasteiger partial charge in [0.15, 0.2) is 0 Å². The minimum Gasteiger partial charge on any atom is -0.497 e. The summed E-state index contributed by atoms with van der Waals surface area (Å²) in [5.41, 5.74) is 5.02. The summed E-state index contributed by atoms with van der Waals surface area (Å²) in [6, 6.07) is 25.0. The van der Waals surface area contributed by atoms with Crippen molar-refractivity contribution in [1.29, 1.82) is 0 Å². The minimum atomic E-state index is -0.294. The molecule has 1 N–H and O–H groups in total. The molecule has 4 rings (SSSR count). The molecule has 1 heterocycles. The van der Waals surface area contributed by atoms with Gasteiger partial charge in [-0.3, -0.25) is 9.59 Å². The van der Waals surface area contributed by atoms with Gasteiger partial charge in [-0.2, -0.15) is 5.10 Å². The molecule has 0 aliphatic carbocycles. The molecule has 7 heteroatoms. The van der Waals surface area contributed by atoms with Crippen molar-refractivity contribution in [3.63, 3.8) is 0 Å². The van der Waals surface area contributed by atoms with E-state index >= 15 is 0 Å². The third kappa shape index (κ3) is 7.04. The molecule has 0 saturated carbocycles. The van der Waals surface area contributed by atoms with Crippen LogP contribution in [0.15, 0.2) is 78.9 Å². The van der Waals surface area contributed by atoms with Crippen LogP contribution in [0.2, 0.25) is 0 Å². The van der Waals surface area contributed by atoms with E-state index in [0.29, 0.717) is 17.9 Å². The fraction of sp³-hybridized carbons (Fsp3) is 0.324. The molecule has 0 aliphatic heterocycles. The molecular formula is C34H40N4O3. The van der Waals surface area contributed by atoms with Gasteiger partial charge in [0.2, 0.25) is 5.91 Å². The fourth-order valence-corrected chi connectivity index (χ4v) is 4.80. The minimum absolute atomic E-state index is 0.0134. The average molecular weight is 553 g/mol. The van der Waals surface area contributed by atoms with Gasteiger partial charge in [-0.1, -0.05) is 77.1 Å². The van der Waals surface area contributed by atoms with Crippen LogP contribution in [0, 0.1) is 12.8 Å². The zero-order valence-electron chi connectivity index (χ0n) is 25.1. The van der Waals surface area contributed by atoms with E-state index in [0.717, 1.165) is 33.8 Å². The van der Waals surface area contributed by atoms with Crippen LogP contribution in [-0.4, -0.2) is 46.7 Å². The van der Waals surface area contributed by atoms with Crippen molar-refractivity contribution in [1.82, 2.24) is 14.7 Å². The largest absolute Gasteiger partial charge is 0.497 e. The molecule has 0 saturated heterocycles. The van der Waals surface area contributed by atoms with E-state index < -0.39 is 0 Å². The topological polar surface area (TPSA) is 76.5 Å². The number of methoxy groups -OCH3 is 1. The molecule has 4 aromatic rings. The smallest absolute Gasteiger partial charge is 0.254 e. The van der Waals surface area contributed by atoms with Gasteiger partial charge >= 0.3 is 0 Å². The Bertz CT molecular complexity index is 1480. The van der Waals surface area contributed by atoms with Crippen molar-refractivity contribution in [2.75, 3.05) is 25.5 Å². The number of rotatable bonds is 9. The highest BCUT2D eigenvalue weighted by molar-refractivity contribution is 6.01. The molecular weight excluding hydrogens is 512 g/mol. The van der Waals surface area contributed by atoms with Gasteiger partial charge in [0.1, 0.15) is 18.1 Å². The summed E-state index contributed by atoms with van der Waals surface area (Å²) in [5, 5.41) is 7.89. The summed E-state index contributed by atoms with van der Waals surface area (Å²) in [7, 11) is 1.62. The summed E-state index contributed by atoms with van der Waals surface area (Å²) in [6.07, 6.45) is 0. The SMILES string of the molecule is COc1ccc(-n2nc(C)c(-c3ccccc3)c2NC(=O)CN(CC(C)C)C(=O)c2ccc(C(C)(C)C)cc2)cc1. The maximum atomic E-state index is 13.6. The number of hydrogen-bond donors (Lipinski definition) is 1. The Balaban J connectivity index is 1.66. The Kier molecular flexibility index (Phi) is 8.96. The van der Waals surface area contributed by atoms with E-state index in [1.165, 1.54) is 0 Å². The summed E-state index contributed by atoms with van der Waals surface area (Å²) < 4.78 is 7.05. The number of anilines is 1. The standard InChI is InChI=1S/C34H40N4O3/c1-23(2)21-37(33(40)26-13-15-27(16-14-26)34(4,5)6)22-30(39)35-32-31(25-11-9-8-10-12-25)24(3)36-38(32)28-17-19-29(41-7)20-18-28/h8-20,23H,21-22H2,1-7H3,(H,35,39). The van der Waals surface area contributed by atoms with E-state index in [4.69, 9.17) is 9.84 Å². The van der Waals surface area contributed by atoms with Crippen molar-refractivity contribution >= 4 is 17.6 Å². The molecule has 0 fully saturated rings. The molecule has 0 bridgehead atoms. The third-order valence-corrected chi connectivity index (χ3v) is 6.90. The normalized spacial score (nSPS) is 11.4. The highest BCUT2D eigenvalue weighted by atomic mass is 16.5. The molecule has 0 aliphatic rings. The number of carbonyl (C=O) groups excluding carboxylic acids is 2. The number of nitrogens with zero attached hydrogens (tertiary/aromatic N) is 3. The highest BCUT2D eigenvalue weighted by Gasteiger charge is 2.24. The van der Waals surface area contributed by atoms with Crippen LogP contribution < -0.4 is 10.1 Å². The summed E-state index contributed by atoms with van der Waals surface area (Å²) in [4.78, 5) is 28.8. The first kappa shape index (κ1) is 29.6. The van der Waals surface area contributed by atoms with Crippen LogP contribution in [0.5, 0.6) is 5.75 Å². The predicted octanol–water partition coefficient (Wildman–Crippen LogP) is 6.89. The molecule has 3 aromatic carbocycles. The lowest BCUT2D eigenvalue weighted by Gasteiger charge is -2.25. The van der Waals surface area contributed by atoms with Crippen molar-refractivity contribution < 1.29 is 14.3 Å². The number of carbonyl (C=O) groups is 2. The average Bonchev–Trinajstić information content (AvgIpc) is 3.27. The van der Waals surface area contributed by atoms with Crippen LogP contribution in [0.4, 0.5) is 5.82 Å². The summed E-state index contributed by atoms with van der Waals surface area (Å²) >= 11 is 0. The predicted molar refractivity (Wildman–Crippen MR) is 165 cm³/mol. The number of aryl methyl sites for hydroxylation is 1. The van der Waals surface area contributed by atoms with Crippen LogP contribution in [0.3, 0.4) is 0 Å². The molecule has 2 amide bonds. The Morgan fingerprint density at radius 2 is 1.59 bits per heavy atom. The van der Waals surface area contributed by atoms with Crippen LogP contribution in [-0.2, 0) is 10.2 Å². The van der Waals surface area contributed by atoms with Gasteiger partial charge in [0.05, 0.1) is 18.5 Å². The molecule has 0 unspecified atom stereocenters. The Labute approximate surface area is 243 Å². The van der Waals surface area contributed by atoms with Crippen molar-refractivity contribution in [3.8, 4) is 22.6 Å². The second-order valence-electron chi connectivity index (χ2n) is 11.7. The first-order chi connectivity index (χ1) is 19.5. The third-order valence-electron chi connectivity index (χ3n) is 6.90. The first-order valence-corrected chi connectivity index (χ1v) is 14.0. The second kappa shape index (κ2) is 12.4. The van der Waals surface area contributed by atoms with Gasteiger partial charge in [-0.15, -0.1) is 0 Å². The van der Waals surface area contributed by atoms with Crippen LogP contribution in [0.1, 0.15) is 56.2 Å². The number of aromatic nitrogens is 2. The maximum absolute atomic E-state index is 13.6. The van der Waals surface area contributed by atoms with E-state index in [1.807, 2.05) is 99.6 Å². The summed E-state index contributed by atoms with van der Waals surface area (Å²) in [6.45, 7) is 12.8. The molecule has 7 nitrogen and oxygen atoms in total. The van der Waals surface area contributed by atoms with Crippen molar-refractivity contribution in [2.24, 2.45) is 5.92 Å². The summed E-state index contributed by atoms with van der Waals surface area (Å²) in [5.74, 6) is 1.00. The number of ether oxygens (including phenoxy) is 1. The Morgan fingerprint density at radius 1 is 0.951 bits per heavy atom. The zero-order valence-corrected chi connectivity index (χ0v) is 25.1. The molecule has 1 aromatic heterocycles. The molecule has 0 atom stereocenters. The van der Waals surface area contributed by atoms with E-state index in [2.05, 4.69) is 26.1 Å². The van der Waals surface area contributed by atoms with Crippen LogP contribution >= 0.6 is 0 Å². The van der Waals surface area contributed by atoms with E-state index in [-0.39, 0.29) is 29.7 Å². The van der Waals surface area contributed by atoms with E-state index in [1.54, 1.807) is 16.7 Å². The Morgan fingerprint density at radius 3 is 2.15 bits per heavy atom. The quantitative estimate of drug-likeness (QED) is 0.245. The molecule has 41 heavy (non-hydrogen) atoms. The molecule has 0 spiro atoms. The van der Waals surface area contributed by atoms with Gasteiger partial charge < -0.3 is 15.0 Å². The number of nitrogens with one attached hydrogen (secondary N) is 1. The van der Waals surface area contributed by atoms with Gasteiger partial charge in [0.25, 0.3) is 5.91 Å². The van der Waals surface area contributed by atoms with E-state index in [9.17, 15) is 9.59 Å². The lowest BCUT2D eigenvalue weighted by Crippen LogP contribution is -2.40. The van der Waals surface area contributed by atoms with Crippen LogP contribution in [0.25, 0.3) is 16.8 Å². The first-order valence-electron chi connectivity index (χ1n) is 14.0. The Hall–Kier alpha value is -4.39. The molecule has 0 radical (unpaired) electrons. The monoisotopic (exact) mass is 552 g/mol. The number of amides is 2. The lowest BCUT2D eigenvalue weighted by molar-refractivity contribution is -0.117. The number of benzene rings is 3.